The molecule has 5 nitrogen and oxygen atoms in total. The lowest BCUT2D eigenvalue weighted by molar-refractivity contribution is 0.0141. The molecule has 0 aromatic carbocycles. The number of likely N-dealkylation sites (tertiary alicyclic amines) is 1. The van der Waals surface area contributed by atoms with Crippen molar-refractivity contribution in [3.63, 3.8) is 0 Å². The van der Waals surface area contributed by atoms with Gasteiger partial charge in [-0.3, -0.25) is 0 Å². The molecule has 0 aromatic rings. The number of piperidine rings is 1. The van der Waals surface area contributed by atoms with Crippen LogP contribution in [0, 0.1) is 11.3 Å². The number of rotatable bonds is 5. The van der Waals surface area contributed by atoms with Crippen molar-refractivity contribution in [1.29, 1.82) is 0 Å². The van der Waals surface area contributed by atoms with E-state index in [4.69, 9.17) is 4.74 Å². The fourth-order valence-electron chi connectivity index (χ4n) is 3.11. The number of carbonyl (C=O) groups is 1. The Hall–Kier alpha value is -0.810. The van der Waals surface area contributed by atoms with Crippen LogP contribution in [0.2, 0.25) is 0 Å². The average Bonchev–Trinajstić information content (AvgIpc) is 2.34. The molecule has 1 heterocycles. The molecule has 3 atom stereocenters. The van der Waals surface area contributed by atoms with E-state index >= 15 is 0 Å². The zero-order valence-electron chi connectivity index (χ0n) is 16.0. The standard InChI is InChI=1S/C18H36N2O3/c1-13-8-9-20(16(22)23-17(3,4)5)11-15(13)19-12-18(6,7)10-14(2)21/h13-15,19,21H,8-12H2,1-7H3. The molecule has 0 aromatic heterocycles. The molecule has 1 rings (SSSR count). The third kappa shape index (κ3) is 7.53. The van der Waals surface area contributed by atoms with Crippen molar-refractivity contribution in [1.82, 2.24) is 10.2 Å². The van der Waals surface area contributed by atoms with Gasteiger partial charge >= 0.3 is 6.09 Å². The summed E-state index contributed by atoms with van der Waals surface area (Å²) < 4.78 is 5.48. The van der Waals surface area contributed by atoms with Gasteiger partial charge in [0.15, 0.2) is 0 Å². The van der Waals surface area contributed by atoms with E-state index < -0.39 is 5.60 Å². The Morgan fingerprint density at radius 3 is 2.48 bits per heavy atom. The van der Waals surface area contributed by atoms with Crippen LogP contribution in [0.4, 0.5) is 4.79 Å². The largest absolute Gasteiger partial charge is 0.444 e. The Balaban J connectivity index is 2.56. The van der Waals surface area contributed by atoms with Crippen LogP contribution < -0.4 is 5.32 Å². The number of aliphatic hydroxyl groups is 1. The van der Waals surface area contributed by atoms with Gasteiger partial charge in [-0.1, -0.05) is 20.8 Å². The topological polar surface area (TPSA) is 61.8 Å². The lowest BCUT2D eigenvalue weighted by atomic mass is 9.85. The minimum atomic E-state index is -0.456. The van der Waals surface area contributed by atoms with Gasteiger partial charge in [0.05, 0.1) is 6.10 Å². The predicted octanol–water partition coefficient (Wildman–Crippen LogP) is 3.02. The minimum Gasteiger partial charge on any atom is -0.444 e. The van der Waals surface area contributed by atoms with Crippen LogP contribution in [0.5, 0.6) is 0 Å². The van der Waals surface area contributed by atoms with Crippen LogP contribution in [0.3, 0.4) is 0 Å². The van der Waals surface area contributed by atoms with Crippen molar-refractivity contribution in [2.75, 3.05) is 19.6 Å². The van der Waals surface area contributed by atoms with Crippen LogP contribution in [-0.4, -0.2) is 53.5 Å². The van der Waals surface area contributed by atoms with Crippen molar-refractivity contribution in [2.24, 2.45) is 11.3 Å². The minimum absolute atomic E-state index is 0.0298. The summed E-state index contributed by atoms with van der Waals surface area (Å²) >= 11 is 0. The fraction of sp³-hybridized carbons (Fsp3) is 0.944. The lowest BCUT2D eigenvalue weighted by Gasteiger charge is -2.39. The molecule has 1 fully saturated rings. The molecule has 0 bridgehead atoms. The number of amides is 1. The van der Waals surface area contributed by atoms with E-state index in [9.17, 15) is 9.90 Å². The van der Waals surface area contributed by atoms with E-state index in [2.05, 4.69) is 26.1 Å². The number of nitrogens with zero attached hydrogens (tertiary/aromatic N) is 1. The van der Waals surface area contributed by atoms with E-state index in [-0.39, 0.29) is 23.7 Å². The van der Waals surface area contributed by atoms with Crippen molar-refractivity contribution < 1.29 is 14.6 Å². The Labute approximate surface area is 141 Å². The van der Waals surface area contributed by atoms with Gasteiger partial charge in [-0.15, -0.1) is 0 Å². The molecule has 5 heteroatoms. The predicted molar refractivity (Wildman–Crippen MR) is 93.5 cm³/mol. The molecule has 1 amide bonds. The summed E-state index contributed by atoms with van der Waals surface area (Å²) in [7, 11) is 0. The molecule has 0 spiro atoms. The Morgan fingerprint density at radius 2 is 1.96 bits per heavy atom. The summed E-state index contributed by atoms with van der Waals surface area (Å²) in [6.07, 6.45) is 1.22. The molecule has 1 saturated heterocycles. The first-order valence-corrected chi connectivity index (χ1v) is 8.79. The average molecular weight is 328 g/mol. The van der Waals surface area contributed by atoms with E-state index in [1.54, 1.807) is 0 Å². The molecule has 136 valence electrons. The zero-order chi connectivity index (χ0) is 17.8. The highest BCUT2D eigenvalue weighted by atomic mass is 16.6. The zero-order valence-corrected chi connectivity index (χ0v) is 16.0. The van der Waals surface area contributed by atoms with Crippen molar-refractivity contribution in [3.8, 4) is 0 Å². The lowest BCUT2D eigenvalue weighted by Crippen LogP contribution is -2.54. The van der Waals surface area contributed by atoms with Crippen LogP contribution in [0.1, 0.15) is 61.3 Å². The third-order valence-electron chi connectivity index (χ3n) is 4.30. The van der Waals surface area contributed by atoms with Gasteiger partial charge in [0, 0.05) is 25.7 Å². The maximum atomic E-state index is 12.3. The highest BCUT2D eigenvalue weighted by Gasteiger charge is 2.32. The van der Waals surface area contributed by atoms with E-state index in [1.807, 2.05) is 32.6 Å². The van der Waals surface area contributed by atoms with Gasteiger partial charge < -0.3 is 20.1 Å². The molecule has 3 unspecified atom stereocenters. The van der Waals surface area contributed by atoms with Crippen molar-refractivity contribution in [2.45, 2.75) is 79.1 Å². The molecule has 0 saturated carbocycles. The van der Waals surface area contributed by atoms with Gasteiger partial charge in [0.1, 0.15) is 5.60 Å². The summed E-state index contributed by atoms with van der Waals surface area (Å²) in [6.45, 7) is 16.3. The summed E-state index contributed by atoms with van der Waals surface area (Å²) in [5.41, 5.74) is -0.426. The number of hydrogen-bond donors (Lipinski definition) is 2. The molecule has 0 aliphatic carbocycles. The van der Waals surface area contributed by atoms with E-state index in [0.29, 0.717) is 12.5 Å². The van der Waals surface area contributed by atoms with Crippen LogP contribution in [-0.2, 0) is 4.74 Å². The molecule has 2 N–H and O–H groups in total. The highest BCUT2D eigenvalue weighted by Crippen LogP contribution is 2.24. The number of hydrogen-bond acceptors (Lipinski definition) is 4. The summed E-state index contributed by atoms with van der Waals surface area (Å²) in [5, 5.41) is 13.2. The Morgan fingerprint density at radius 1 is 1.35 bits per heavy atom. The third-order valence-corrected chi connectivity index (χ3v) is 4.30. The normalized spacial score (nSPS) is 24.4. The Kier molecular flexibility index (Phi) is 6.90. The highest BCUT2D eigenvalue weighted by molar-refractivity contribution is 5.68. The molecule has 0 radical (unpaired) electrons. The molecular formula is C18H36N2O3. The second-order valence-electron chi connectivity index (χ2n) is 8.90. The molecule has 1 aliphatic heterocycles. The first-order chi connectivity index (χ1) is 10.4. The first kappa shape index (κ1) is 20.2. The van der Waals surface area contributed by atoms with Gasteiger partial charge in [-0.05, 0) is 51.9 Å². The maximum absolute atomic E-state index is 12.3. The SMILES string of the molecule is CC(O)CC(C)(C)CNC1CN(C(=O)OC(C)(C)C)CCC1C. The number of nitrogens with one attached hydrogen (secondary N) is 1. The first-order valence-electron chi connectivity index (χ1n) is 8.79. The smallest absolute Gasteiger partial charge is 0.410 e. The van der Waals surface area contributed by atoms with Crippen LogP contribution in [0.15, 0.2) is 0 Å². The maximum Gasteiger partial charge on any atom is 0.410 e. The Bertz CT molecular complexity index is 388. The summed E-state index contributed by atoms with van der Waals surface area (Å²) in [5.74, 6) is 0.524. The second kappa shape index (κ2) is 7.84. The van der Waals surface area contributed by atoms with E-state index in [1.165, 1.54) is 0 Å². The fourth-order valence-corrected chi connectivity index (χ4v) is 3.11. The van der Waals surface area contributed by atoms with Crippen LogP contribution in [0.25, 0.3) is 0 Å². The van der Waals surface area contributed by atoms with Gasteiger partial charge in [0.25, 0.3) is 0 Å². The van der Waals surface area contributed by atoms with Gasteiger partial charge in [-0.2, -0.15) is 0 Å². The quantitative estimate of drug-likeness (QED) is 0.814. The molecular weight excluding hydrogens is 292 g/mol. The summed E-state index contributed by atoms with van der Waals surface area (Å²) in [4.78, 5) is 14.1. The van der Waals surface area contributed by atoms with Gasteiger partial charge in [0.2, 0.25) is 0 Å². The number of aliphatic hydroxyl groups excluding tert-OH is 1. The number of ether oxygens (including phenoxy) is 1. The second-order valence-corrected chi connectivity index (χ2v) is 8.90. The van der Waals surface area contributed by atoms with Crippen LogP contribution >= 0.6 is 0 Å². The van der Waals surface area contributed by atoms with Crippen molar-refractivity contribution in [3.05, 3.63) is 0 Å². The molecule has 1 aliphatic rings. The monoisotopic (exact) mass is 328 g/mol. The van der Waals surface area contributed by atoms with Crippen molar-refractivity contribution >= 4 is 6.09 Å². The molecule has 23 heavy (non-hydrogen) atoms. The van der Waals surface area contributed by atoms with Gasteiger partial charge in [-0.25, -0.2) is 4.79 Å². The van der Waals surface area contributed by atoms with E-state index in [0.717, 1.165) is 25.9 Å². The number of carbonyl (C=O) groups excluding carboxylic acids is 1. The summed E-state index contributed by atoms with van der Waals surface area (Å²) in [6, 6.07) is 0.268.